The molecule has 11 heteroatoms. The molecule has 218 valence electrons. The maximum absolute atomic E-state index is 12.7. The molecule has 0 bridgehead atoms. The van der Waals surface area contributed by atoms with Gasteiger partial charge in [0.1, 0.15) is 31.8 Å². The smallest absolute Gasteiger partial charge is 0.407 e. The van der Waals surface area contributed by atoms with Crippen molar-refractivity contribution in [1.29, 1.82) is 0 Å². The fourth-order valence-electron chi connectivity index (χ4n) is 4.33. The molecule has 1 rings (SSSR count). The molecule has 39 heavy (non-hydrogen) atoms. The zero-order valence-electron chi connectivity index (χ0n) is 23.4. The fraction of sp³-hybridized carbons (Fsp3) is 0.607. The van der Waals surface area contributed by atoms with E-state index >= 15 is 0 Å². The lowest BCUT2D eigenvalue weighted by Gasteiger charge is -2.40. The molecule has 2 N–H and O–H groups in total. The number of rotatable bonds is 15. The van der Waals surface area contributed by atoms with E-state index in [2.05, 4.69) is 44.2 Å². The van der Waals surface area contributed by atoms with Crippen molar-refractivity contribution < 1.29 is 42.9 Å². The summed E-state index contributed by atoms with van der Waals surface area (Å²) in [6.07, 6.45) is 4.44. The Morgan fingerprint density at radius 1 is 0.846 bits per heavy atom. The quantitative estimate of drug-likeness (QED) is 0.178. The molecule has 2 atom stereocenters. The molecule has 2 amide bonds. The second-order valence-corrected chi connectivity index (χ2v) is 10.9. The summed E-state index contributed by atoms with van der Waals surface area (Å²) in [6.45, 7) is 16.6. The number of amides is 2. The molecule has 11 nitrogen and oxygen atoms in total. The summed E-state index contributed by atoms with van der Waals surface area (Å²) in [6, 6.07) is -0.00208. The van der Waals surface area contributed by atoms with Gasteiger partial charge in [-0.3, -0.25) is 4.79 Å². The molecule has 0 aromatic carbocycles. The average molecular weight is 551 g/mol. The van der Waals surface area contributed by atoms with Gasteiger partial charge in [0.15, 0.2) is 0 Å². The molecule has 0 saturated heterocycles. The van der Waals surface area contributed by atoms with E-state index in [0.29, 0.717) is 13.0 Å². The highest BCUT2D eigenvalue weighted by Gasteiger charge is 2.38. The van der Waals surface area contributed by atoms with Crippen molar-refractivity contribution in [2.24, 2.45) is 22.7 Å². The summed E-state index contributed by atoms with van der Waals surface area (Å²) in [7, 11) is 0. The molecule has 2 unspecified atom stereocenters. The van der Waals surface area contributed by atoms with Gasteiger partial charge in [0.05, 0.1) is 0 Å². The van der Waals surface area contributed by atoms with Crippen LogP contribution in [0.25, 0.3) is 0 Å². The monoisotopic (exact) mass is 550 g/mol. The number of alkyl carbamates (subject to hydrolysis) is 1. The first-order valence-electron chi connectivity index (χ1n) is 12.8. The summed E-state index contributed by atoms with van der Waals surface area (Å²) in [5.41, 5.74) is -1.44. The Balaban J connectivity index is 2.89. The van der Waals surface area contributed by atoms with Crippen molar-refractivity contribution in [2.45, 2.75) is 53.0 Å². The first kappa shape index (κ1) is 33.4. The summed E-state index contributed by atoms with van der Waals surface area (Å²) in [4.78, 5) is 60.0. The minimum Gasteiger partial charge on any atom is -0.462 e. The van der Waals surface area contributed by atoms with Crippen molar-refractivity contribution in [1.82, 2.24) is 10.6 Å². The Labute approximate surface area is 230 Å². The van der Waals surface area contributed by atoms with Crippen molar-refractivity contribution in [3.8, 4) is 0 Å². The van der Waals surface area contributed by atoms with Gasteiger partial charge in [-0.25, -0.2) is 19.2 Å². The van der Waals surface area contributed by atoms with E-state index in [1.807, 2.05) is 13.8 Å². The predicted octanol–water partition coefficient (Wildman–Crippen LogP) is 2.85. The van der Waals surface area contributed by atoms with Crippen molar-refractivity contribution >= 4 is 29.9 Å². The zero-order chi connectivity index (χ0) is 29.6. The Bertz CT molecular complexity index is 866. The van der Waals surface area contributed by atoms with E-state index in [1.165, 1.54) is 0 Å². The van der Waals surface area contributed by atoms with Crippen LogP contribution in [0.15, 0.2) is 38.0 Å². The van der Waals surface area contributed by atoms with Crippen LogP contribution >= 0.6 is 0 Å². The number of hydrogen-bond acceptors (Lipinski definition) is 9. The number of carbonyl (C=O) groups excluding carboxylic acids is 5. The summed E-state index contributed by atoms with van der Waals surface area (Å²) in [5.74, 6) is -2.34. The number of nitrogens with one attached hydrogen (secondary N) is 2. The molecular weight excluding hydrogens is 508 g/mol. The third-order valence-corrected chi connectivity index (χ3v) is 6.24. The van der Waals surface area contributed by atoms with Gasteiger partial charge in [-0.15, -0.1) is 0 Å². The molecule has 0 aromatic heterocycles. The van der Waals surface area contributed by atoms with E-state index in [9.17, 15) is 24.0 Å². The third-order valence-electron chi connectivity index (χ3n) is 6.24. The largest absolute Gasteiger partial charge is 0.462 e. The molecule has 0 aliphatic heterocycles. The van der Waals surface area contributed by atoms with Gasteiger partial charge in [-0.1, -0.05) is 47.4 Å². The van der Waals surface area contributed by atoms with Gasteiger partial charge in [0.2, 0.25) is 5.91 Å². The molecule has 1 saturated carbocycles. The van der Waals surface area contributed by atoms with Crippen LogP contribution in [0, 0.1) is 22.7 Å². The van der Waals surface area contributed by atoms with Crippen LogP contribution in [0.4, 0.5) is 4.79 Å². The number of hydrogen-bond donors (Lipinski definition) is 2. The van der Waals surface area contributed by atoms with Gasteiger partial charge in [-0.05, 0) is 30.6 Å². The van der Waals surface area contributed by atoms with Crippen LogP contribution in [0.1, 0.15) is 47.0 Å². The Morgan fingerprint density at radius 2 is 1.31 bits per heavy atom. The maximum atomic E-state index is 12.7. The normalized spacial score (nSPS) is 18.2. The van der Waals surface area contributed by atoms with Crippen molar-refractivity contribution in [2.75, 3.05) is 33.0 Å². The third kappa shape index (κ3) is 12.6. The highest BCUT2D eigenvalue weighted by atomic mass is 16.6. The molecule has 1 aliphatic rings. The fourth-order valence-corrected chi connectivity index (χ4v) is 4.33. The van der Waals surface area contributed by atoms with E-state index in [0.717, 1.165) is 31.1 Å². The Morgan fingerprint density at radius 3 is 1.74 bits per heavy atom. The topological polar surface area (TPSA) is 146 Å². The van der Waals surface area contributed by atoms with Crippen LogP contribution in [-0.2, 0) is 38.1 Å². The van der Waals surface area contributed by atoms with Gasteiger partial charge in [0, 0.05) is 36.7 Å². The van der Waals surface area contributed by atoms with Gasteiger partial charge in [-0.2, -0.15) is 0 Å². The van der Waals surface area contributed by atoms with E-state index < -0.39 is 55.8 Å². The summed E-state index contributed by atoms with van der Waals surface area (Å²) < 4.78 is 20.8. The minimum atomic E-state index is -1.41. The summed E-state index contributed by atoms with van der Waals surface area (Å²) in [5, 5.41) is 5.83. The molecule has 0 aromatic rings. The van der Waals surface area contributed by atoms with E-state index in [-0.39, 0.29) is 29.2 Å². The van der Waals surface area contributed by atoms with Gasteiger partial charge in [0.25, 0.3) is 0 Å². The lowest BCUT2D eigenvalue weighted by Crippen LogP contribution is -2.47. The standard InChI is InChI=1S/C28H42N2O9/c1-8-22(31)36-15-28(16-37-23(32)9-2,17-38-24(33)10-3)18-39-26(35)29-14-20-11-21(13-27(6,7)12-20)30-25(34)19(4)5/h8-10,19-21H,1-3,11-18H2,4-7H3,(H,29,35)(H,30,34). The van der Waals surface area contributed by atoms with Crippen LogP contribution in [0.2, 0.25) is 0 Å². The van der Waals surface area contributed by atoms with Gasteiger partial charge < -0.3 is 29.6 Å². The SMILES string of the molecule is C=CC(=O)OCC(COC(=O)C=C)(COC(=O)C=C)COC(=O)NCC1CC(NC(=O)C(C)C)CC(C)(C)C1. The van der Waals surface area contributed by atoms with Crippen LogP contribution in [0.5, 0.6) is 0 Å². The number of carbonyl (C=O) groups is 5. The summed E-state index contributed by atoms with van der Waals surface area (Å²) >= 11 is 0. The van der Waals surface area contributed by atoms with E-state index in [4.69, 9.17) is 18.9 Å². The first-order chi connectivity index (χ1) is 18.2. The molecule has 0 spiro atoms. The highest BCUT2D eigenvalue weighted by Crippen LogP contribution is 2.38. The molecule has 0 heterocycles. The predicted molar refractivity (Wildman–Crippen MR) is 143 cm³/mol. The molecule has 1 fully saturated rings. The molecule has 1 aliphatic carbocycles. The van der Waals surface area contributed by atoms with Crippen LogP contribution in [-0.4, -0.2) is 68.9 Å². The average Bonchev–Trinajstić information content (AvgIpc) is 2.89. The lowest BCUT2D eigenvalue weighted by molar-refractivity contribution is -0.159. The first-order valence-corrected chi connectivity index (χ1v) is 12.8. The second-order valence-electron chi connectivity index (χ2n) is 10.9. The Kier molecular flexibility index (Phi) is 13.4. The lowest BCUT2D eigenvalue weighted by atomic mass is 9.70. The zero-order valence-corrected chi connectivity index (χ0v) is 23.4. The van der Waals surface area contributed by atoms with Crippen LogP contribution in [0.3, 0.4) is 0 Å². The molecule has 0 radical (unpaired) electrons. The molecular formula is C28H42N2O9. The highest BCUT2D eigenvalue weighted by molar-refractivity contribution is 5.82. The van der Waals surface area contributed by atoms with Crippen molar-refractivity contribution in [3.63, 3.8) is 0 Å². The maximum Gasteiger partial charge on any atom is 0.407 e. The second kappa shape index (κ2) is 15.7. The minimum absolute atomic E-state index is 0.00208. The van der Waals surface area contributed by atoms with Crippen molar-refractivity contribution in [3.05, 3.63) is 38.0 Å². The number of ether oxygens (including phenoxy) is 4. The van der Waals surface area contributed by atoms with Crippen LogP contribution < -0.4 is 10.6 Å². The number of esters is 3. The van der Waals surface area contributed by atoms with E-state index in [1.54, 1.807) is 0 Å². The van der Waals surface area contributed by atoms with Gasteiger partial charge >= 0.3 is 24.0 Å². The Hall–Kier alpha value is -3.63.